The molecule has 0 saturated heterocycles. The first-order valence-corrected chi connectivity index (χ1v) is 7.57. The molecule has 4 heteroatoms. The van der Waals surface area contributed by atoms with Crippen LogP contribution in [0.1, 0.15) is 51.5 Å². The Kier molecular flexibility index (Phi) is 5.46. The zero-order chi connectivity index (χ0) is 13.7. The lowest BCUT2D eigenvalue weighted by atomic mass is 9.98. The van der Waals surface area contributed by atoms with E-state index in [2.05, 4.69) is 24.1 Å². The minimum absolute atomic E-state index is 0.327. The third kappa shape index (κ3) is 4.66. The van der Waals surface area contributed by atoms with Gasteiger partial charge in [0, 0.05) is 24.8 Å². The zero-order valence-corrected chi connectivity index (χ0v) is 12.5. The number of hydrogen-bond acceptors (Lipinski definition) is 3. The van der Waals surface area contributed by atoms with Crippen molar-refractivity contribution in [1.29, 1.82) is 0 Å². The molecule has 19 heavy (non-hydrogen) atoms. The summed E-state index contributed by atoms with van der Waals surface area (Å²) in [5, 5.41) is 4.06. The van der Waals surface area contributed by atoms with Crippen LogP contribution in [0, 0.1) is 0 Å². The Bertz CT molecular complexity index is 403. The van der Waals surface area contributed by atoms with Gasteiger partial charge in [-0.3, -0.25) is 0 Å². The molecule has 1 aliphatic carbocycles. The predicted molar refractivity (Wildman–Crippen MR) is 78.7 cm³/mol. The monoisotopic (exact) mass is 282 g/mol. The number of hydrogen-bond donors (Lipinski definition) is 1. The van der Waals surface area contributed by atoms with Gasteiger partial charge in [0.15, 0.2) is 0 Å². The zero-order valence-electron chi connectivity index (χ0n) is 11.8. The van der Waals surface area contributed by atoms with Crippen molar-refractivity contribution in [3.05, 3.63) is 22.8 Å². The number of aromatic nitrogens is 1. The van der Waals surface area contributed by atoms with Crippen molar-refractivity contribution in [3.63, 3.8) is 0 Å². The highest BCUT2D eigenvalue weighted by molar-refractivity contribution is 6.31. The van der Waals surface area contributed by atoms with E-state index in [0.29, 0.717) is 23.0 Å². The van der Waals surface area contributed by atoms with E-state index in [9.17, 15) is 0 Å². The van der Waals surface area contributed by atoms with Crippen molar-refractivity contribution < 1.29 is 4.74 Å². The molecule has 0 bridgehead atoms. The van der Waals surface area contributed by atoms with Crippen LogP contribution in [0.3, 0.4) is 0 Å². The Hall–Kier alpha value is -0.800. The molecule has 1 aromatic heterocycles. The van der Waals surface area contributed by atoms with Crippen LogP contribution in [0.4, 0.5) is 0 Å². The van der Waals surface area contributed by atoms with Gasteiger partial charge in [0.05, 0.1) is 5.02 Å². The van der Waals surface area contributed by atoms with Gasteiger partial charge in [-0.1, -0.05) is 31.9 Å². The summed E-state index contributed by atoms with van der Waals surface area (Å²) in [5.41, 5.74) is 1.05. The molecule has 0 spiro atoms. The molecule has 1 aliphatic rings. The molecular weight excluding hydrogens is 260 g/mol. The van der Waals surface area contributed by atoms with Gasteiger partial charge < -0.3 is 10.1 Å². The largest absolute Gasteiger partial charge is 0.474 e. The van der Waals surface area contributed by atoms with E-state index in [4.69, 9.17) is 16.3 Å². The lowest BCUT2D eigenvalue weighted by molar-refractivity contribution is 0.148. The first kappa shape index (κ1) is 14.6. The first-order chi connectivity index (χ1) is 9.15. The third-order valence-electron chi connectivity index (χ3n) is 3.45. The van der Waals surface area contributed by atoms with Crippen LogP contribution in [0.15, 0.2) is 12.3 Å². The summed E-state index contributed by atoms with van der Waals surface area (Å²) in [6.45, 7) is 4.99. The minimum atomic E-state index is 0.327. The Morgan fingerprint density at radius 3 is 2.79 bits per heavy atom. The van der Waals surface area contributed by atoms with Crippen LogP contribution in [0.25, 0.3) is 0 Å². The quantitative estimate of drug-likeness (QED) is 0.888. The maximum atomic E-state index is 6.16. The molecule has 0 radical (unpaired) electrons. The molecule has 106 valence electrons. The lowest BCUT2D eigenvalue weighted by Gasteiger charge is -2.22. The molecule has 1 fully saturated rings. The molecule has 0 aliphatic heterocycles. The van der Waals surface area contributed by atoms with Crippen molar-refractivity contribution in [2.24, 2.45) is 0 Å². The molecule has 0 unspecified atom stereocenters. The number of nitrogens with one attached hydrogen (secondary N) is 1. The minimum Gasteiger partial charge on any atom is -0.474 e. The van der Waals surface area contributed by atoms with Crippen LogP contribution >= 0.6 is 11.6 Å². The predicted octanol–water partition coefficient (Wildman–Crippen LogP) is 3.94. The van der Waals surface area contributed by atoms with Crippen LogP contribution in [-0.4, -0.2) is 17.1 Å². The van der Waals surface area contributed by atoms with Crippen molar-refractivity contribution in [2.45, 2.75) is 64.6 Å². The highest BCUT2D eigenvalue weighted by Gasteiger charge is 2.16. The van der Waals surface area contributed by atoms with E-state index in [1.54, 1.807) is 6.20 Å². The molecule has 1 N–H and O–H groups in total. The van der Waals surface area contributed by atoms with Gasteiger partial charge in [-0.2, -0.15) is 0 Å². The average molecular weight is 283 g/mol. The normalized spacial score (nSPS) is 16.8. The molecule has 0 amide bonds. The average Bonchev–Trinajstić information content (AvgIpc) is 2.40. The first-order valence-electron chi connectivity index (χ1n) is 7.19. The van der Waals surface area contributed by atoms with Gasteiger partial charge in [0.2, 0.25) is 5.88 Å². The molecule has 0 atom stereocenters. The smallest absolute Gasteiger partial charge is 0.213 e. The summed E-state index contributed by atoms with van der Waals surface area (Å²) in [6, 6.07) is 2.40. The number of pyridine rings is 1. The Morgan fingerprint density at radius 1 is 1.37 bits per heavy atom. The summed E-state index contributed by atoms with van der Waals surface area (Å²) >= 11 is 6.16. The topological polar surface area (TPSA) is 34.1 Å². The van der Waals surface area contributed by atoms with Crippen LogP contribution in [0.5, 0.6) is 5.88 Å². The fraction of sp³-hybridized carbons (Fsp3) is 0.667. The fourth-order valence-corrected chi connectivity index (χ4v) is 2.50. The summed E-state index contributed by atoms with van der Waals surface area (Å²) in [6.07, 6.45) is 8.16. The molecule has 2 rings (SSSR count). The summed E-state index contributed by atoms with van der Waals surface area (Å²) in [4.78, 5) is 4.28. The Labute approximate surface area is 120 Å². The van der Waals surface area contributed by atoms with Crippen LogP contribution in [-0.2, 0) is 6.54 Å². The summed E-state index contributed by atoms with van der Waals surface area (Å²) in [5.74, 6) is 0.705. The second kappa shape index (κ2) is 7.11. The van der Waals surface area contributed by atoms with Gasteiger partial charge in [0.1, 0.15) is 6.10 Å². The van der Waals surface area contributed by atoms with Crippen LogP contribution in [0.2, 0.25) is 5.02 Å². The number of ether oxygens (including phenoxy) is 1. The second-order valence-corrected chi connectivity index (χ2v) is 5.93. The molecule has 1 heterocycles. The van der Waals surface area contributed by atoms with Crippen molar-refractivity contribution >= 4 is 11.6 Å². The van der Waals surface area contributed by atoms with Gasteiger partial charge >= 0.3 is 0 Å². The molecule has 3 nitrogen and oxygen atoms in total. The Morgan fingerprint density at radius 2 is 2.11 bits per heavy atom. The van der Waals surface area contributed by atoms with Gasteiger partial charge in [-0.05, 0) is 31.2 Å². The summed E-state index contributed by atoms with van der Waals surface area (Å²) < 4.78 is 5.96. The van der Waals surface area contributed by atoms with Gasteiger partial charge in [0.25, 0.3) is 0 Å². The maximum absolute atomic E-state index is 6.16. The van der Waals surface area contributed by atoms with Gasteiger partial charge in [-0.25, -0.2) is 4.98 Å². The molecular formula is C15H23ClN2O. The van der Waals surface area contributed by atoms with Crippen molar-refractivity contribution in [1.82, 2.24) is 10.3 Å². The van der Waals surface area contributed by atoms with E-state index >= 15 is 0 Å². The highest BCUT2D eigenvalue weighted by atomic mass is 35.5. The SMILES string of the molecule is CC(C)NCc1cc(OC2CCCCC2)ncc1Cl. The fourth-order valence-electron chi connectivity index (χ4n) is 2.33. The van der Waals surface area contributed by atoms with Crippen molar-refractivity contribution in [2.75, 3.05) is 0 Å². The standard InChI is InChI=1S/C15H23ClN2O/c1-11(2)17-9-12-8-15(18-10-14(12)16)19-13-6-4-3-5-7-13/h8,10-11,13,17H,3-7,9H2,1-2H3. The molecule has 1 aromatic rings. The second-order valence-electron chi connectivity index (χ2n) is 5.53. The summed E-state index contributed by atoms with van der Waals surface area (Å²) in [7, 11) is 0. The van der Waals surface area contributed by atoms with Gasteiger partial charge in [-0.15, -0.1) is 0 Å². The van der Waals surface area contributed by atoms with E-state index < -0.39 is 0 Å². The van der Waals surface area contributed by atoms with Crippen LogP contribution < -0.4 is 10.1 Å². The maximum Gasteiger partial charge on any atom is 0.213 e. The van der Waals surface area contributed by atoms with E-state index in [1.165, 1.54) is 19.3 Å². The van der Waals surface area contributed by atoms with E-state index in [0.717, 1.165) is 24.9 Å². The number of nitrogens with zero attached hydrogens (tertiary/aromatic N) is 1. The number of rotatable bonds is 5. The number of halogens is 1. The molecule has 1 saturated carbocycles. The third-order valence-corrected chi connectivity index (χ3v) is 3.79. The van der Waals surface area contributed by atoms with E-state index in [-0.39, 0.29) is 0 Å². The van der Waals surface area contributed by atoms with Crippen molar-refractivity contribution in [3.8, 4) is 5.88 Å². The lowest BCUT2D eigenvalue weighted by Crippen LogP contribution is -2.23. The highest BCUT2D eigenvalue weighted by Crippen LogP contribution is 2.24. The van der Waals surface area contributed by atoms with E-state index in [1.807, 2.05) is 6.07 Å². The molecule has 0 aromatic carbocycles. The Balaban J connectivity index is 1.98.